The number of ketones is 1. The lowest BCUT2D eigenvalue weighted by Gasteiger charge is -2.23. The van der Waals surface area contributed by atoms with E-state index in [1.54, 1.807) is 0 Å². The fraction of sp³-hybridized carbons (Fsp3) is 0.818. The molecule has 0 aromatic carbocycles. The summed E-state index contributed by atoms with van der Waals surface area (Å²) in [6.07, 6.45) is 1.30. The van der Waals surface area contributed by atoms with Crippen molar-refractivity contribution in [3.8, 4) is 0 Å². The van der Waals surface area contributed by atoms with Gasteiger partial charge in [0.1, 0.15) is 12.2 Å². The highest BCUT2D eigenvalue weighted by Crippen LogP contribution is 2.41. The lowest BCUT2D eigenvalue weighted by atomic mass is 10.2. The average Bonchev–Trinajstić information content (AvgIpc) is 2.77. The average molecular weight is 214 g/mol. The maximum atomic E-state index is 11.7. The maximum Gasteiger partial charge on any atom is 0.338 e. The van der Waals surface area contributed by atoms with Gasteiger partial charge < -0.3 is 9.47 Å². The van der Waals surface area contributed by atoms with Gasteiger partial charge in [-0.3, -0.25) is 4.79 Å². The molecule has 0 saturated heterocycles. The van der Waals surface area contributed by atoms with Gasteiger partial charge in [0, 0.05) is 0 Å². The Morgan fingerprint density at radius 1 is 1.27 bits per heavy atom. The summed E-state index contributed by atoms with van der Waals surface area (Å²) in [5.41, 5.74) is -1.34. The van der Waals surface area contributed by atoms with Gasteiger partial charge in [-0.1, -0.05) is 0 Å². The van der Waals surface area contributed by atoms with E-state index in [9.17, 15) is 9.59 Å². The molecule has 15 heavy (non-hydrogen) atoms. The number of carbonyl (C=O) groups excluding carboxylic acids is 2. The van der Waals surface area contributed by atoms with Crippen LogP contribution in [0.5, 0.6) is 0 Å². The Balaban J connectivity index is 2.48. The SMILES string of the molecule is CC(=O)COC1(C(=O)OC(C)(C)C)CC1. The molecule has 0 bridgehead atoms. The van der Waals surface area contributed by atoms with Gasteiger partial charge in [-0.25, -0.2) is 4.79 Å². The number of rotatable bonds is 4. The topological polar surface area (TPSA) is 52.6 Å². The molecule has 0 atom stereocenters. The molecule has 1 aliphatic rings. The van der Waals surface area contributed by atoms with Crippen LogP contribution in [0.25, 0.3) is 0 Å². The maximum absolute atomic E-state index is 11.7. The number of esters is 1. The van der Waals surface area contributed by atoms with Crippen molar-refractivity contribution in [2.24, 2.45) is 0 Å². The van der Waals surface area contributed by atoms with E-state index >= 15 is 0 Å². The lowest BCUT2D eigenvalue weighted by Crippen LogP contribution is -2.36. The molecule has 4 heteroatoms. The third-order valence-corrected chi connectivity index (χ3v) is 2.03. The minimum atomic E-state index is -0.834. The summed E-state index contributed by atoms with van der Waals surface area (Å²) in [6, 6.07) is 0. The predicted octanol–water partition coefficient (Wildman–Crippen LogP) is 1.47. The van der Waals surface area contributed by atoms with E-state index in [4.69, 9.17) is 9.47 Å². The second-order valence-electron chi connectivity index (χ2n) is 4.99. The molecule has 4 nitrogen and oxygen atoms in total. The van der Waals surface area contributed by atoms with Crippen molar-refractivity contribution in [3.63, 3.8) is 0 Å². The van der Waals surface area contributed by atoms with Crippen LogP contribution < -0.4 is 0 Å². The third kappa shape index (κ3) is 3.63. The molecule has 0 aromatic rings. The molecule has 1 fully saturated rings. The van der Waals surface area contributed by atoms with Crippen LogP contribution in [0.3, 0.4) is 0 Å². The zero-order valence-electron chi connectivity index (χ0n) is 9.75. The summed E-state index contributed by atoms with van der Waals surface area (Å²) in [5.74, 6) is -0.430. The molecule has 0 heterocycles. The van der Waals surface area contributed by atoms with Gasteiger partial charge >= 0.3 is 5.97 Å². The van der Waals surface area contributed by atoms with Gasteiger partial charge in [0.15, 0.2) is 11.4 Å². The zero-order valence-corrected chi connectivity index (χ0v) is 9.75. The van der Waals surface area contributed by atoms with Crippen LogP contribution in [0.15, 0.2) is 0 Å². The predicted molar refractivity (Wildman–Crippen MR) is 54.4 cm³/mol. The van der Waals surface area contributed by atoms with Gasteiger partial charge in [0.05, 0.1) is 0 Å². The first kappa shape index (κ1) is 12.2. The number of carbonyl (C=O) groups is 2. The summed E-state index contributed by atoms with van der Waals surface area (Å²) in [7, 11) is 0. The van der Waals surface area contributed by atoms with Crippen molar-refractivity contribution < 1.29 is 19.1 Å². The smallest absolute Gasteiger partial charge is 0.338 e. The van der Waals surface area contributed by atoms with Gasteiger partial charge in [0.2, 0.25) is 0 Å². The second-order valence-corrected chi connectivity index (χ2v) is 4.99. The number of Topliss-reactive ketones (excluding diaryl/α,β-unsaturated/α-hetero) is 1. The third-order valence-electron chi connectivity index (χ3n) is 2.03. The van der Waals surface area contributed by atoms with E-state index in [2.05, 4.69) is 0 Å². The molecule has 0 spiro atoms. The molecular formula is C11H18O4. The van der Waals surface area contributed by atoms with E-state index in [0.717, 1.165) is 0 Å². The first-order chi connectivity index (χ1) is 6.75. The van der Waals surface area contributed by atoms with Crippen LogP contribution in [-0.2, 0) is 19.1 Å². The highest BCUT2D eigenvalue weighted by atomic mass is 16.6. The number of hydrogen-bond acceptors (Lipinski definition) is 4. The Kier molecular flexibility index (Phi) is 3.19. The molecule has 0 unspecified atom stereocenters. The van der Waals surface area contributed by atoms with Gasteiger partial charge in [-0.15, -0.1) is 0 Å². The van der Waals surface area contributed by atoms with Gasteiger partial charge in [-0.05, 0) is 40.5 Å². The Morgan fingerprint density at radius 3 is 2.13 bits per heavy atom. The zero-order chi connectivity index (χ0) is 11.7. The first-order valence-corrected chi connectivity index (χ1v) is 5.12. The van der Waals surface area contributed by atoms with Crippen molar-refractivity contribution in [1.29, 1.82) is 0 Å². The molecule has 0 radical (unpaired) electrons. The van der Waals surface area contributed by atoms with E-state index in [0.29, 0.717) is 12.8 Å². The summed E-state index contributed by atoms with van der Waals surface area (Å²) < 4.78 is 10.5. The van der Waals surface area contributed by atoms with Crippen LogP contribution in [0.2, 0.25) is 0 Å². The lowest BCUT2D eigenvalue weighted by molar-refractivity contribution is -0.172. The normalized spacial score (nSPS) is 18.4. The molecule has 1 saturated carbocycles. The van der Waals surface area contributed by atoms with Crippen LogP contribution >= 0.6 is 0 Å². The quantitative estimate of drug-likeness (QED) is 0.665. The van der Waals surface area contributed by atoms with Crippen LogP contribution in [0.1, 0.15) is 40.5 Å². The van der Waals surface area contributed by atoms with Crippen LogP contribution in [0, 0.1) is 0 Å². The molecular weight excluding hydrogens is 196 g/mol. The number of ether oxygens (including phenoxy) is 2. The molecule has 0 aromatic heterocycles. The standard InChI is InChI=1S/C11H18O4/c1-8(12)7-14-11(5-6-11)9(13)15-10(2,3)4/h5-7H2,1-4H3. The van der Waals surface area contributed by atoms with Crippen molar-refractivity contribution in [2.45, 2.75) is 51.7 Å². The van der Waals surface area contributed by atoms with Crippen molar-refractivity contribution >= 4 is 11.8 Å². The van der Waals surface area contributed by atoms with Crippen molar-refractivity contribution in [1.82, 2.24) is 0 Å². The molecule has 86 valence electrons. The second kappa shape index (κ2) is 3.93. The molecule has 1 aliphatic carbocycles. The van der Waals surface area contributed by atoms with Crippen LogP contribution in [0.4, 0.5) is 0 Å². The first-order valence-electron chi connectivity index (χ1n) is 5.12. The van der Waals surface area contributed by atoms with E-state index in [-0.39, 0.29) is 18.4 Å². The summed E-state index contributed by atoms with van der Waals surface area (Å²) >= 11 is 0. The van der Waals surface area contributed by atoms with Crippen molar-refractivity contribution in [2.75, 3.05) is 6.61 Å². The van der Waals surface area contributed by atoms with Crippen LogP contribution in [-0.4, -0.2) is 29.6 Å². The van der Waals surface area contributed by atoms with E-state index in [1.807, 2.05) is 20.8 Å². The molecule has 0 amide bonds. The Bertz CT molecular complexity index is 271. The molecule has 1 rings (SSSR count). The van der Waals surface area contributed by atoms with Gasteiger partial charge in [0.25, 0.3) is 0 Å². The fourth-order valence-corrected chi connectivity index (χ4v) is 1.13. The number of hydrogen-bond donors (Lipinski definition) is 0. The summed E-state index contributed by atoms with van der Waals surface area (Å²) in [6.45, 7) is 6.86. The highest BCUT2D eigenvalue weighted by molar-refractivity contribution is 5.84. The monoisotopic (exact) mass is 214 g/mol. The largest absolute Gasteiger partial charge is 0.458 e. The minimum absolute atomic E-state index is 0.0146. The Hall–Kier alpha value is -0.900. The molecule has 0 aliphatic heterocycles. The molecule has 0 N–H and O–H groups in total. The summed E-state index contributed by atoms with van der Waals surface area (Å²) in [4.78, 5) is 22.4. The van der Waals surface area contributed by atoms with E-state index in [1.165, 1.54) is 6.92 Å². The fourth-order valence-electron chi connectivity index (χ4n) is 1.13. The Morgan fingerprint density at radius 2 is 1.80 bits per heavy atom. The van der Waals surface area contributed by atoms with Gasteiger partial charge in [-0.2, -0.15) is 0 Å². The minimum Gasteiger partial charge on any atom is -0.458 e. The highest BCUT2D eigenvalue weighted by Gasteiger charge is 2.54. The Labute approximate surface area is 89.9 Å². The summed E-state index contributed by atoms with van der Waals surface area (Å²) in [5, 5.41) is 0. The van der Waals surface area contributed by atoms with Crippen molar-refractivity contribution in [3.05, 3.63) is 0 Å². The van der Waals surface area contributed by atoms with E-state index < -0.39 is 11.2 Å².